The summed E-state index contributed by atoms with van der Waals surface area (Å²) in [5.41, 5.74) is 2.02. The molecule has 0 atom stereocenters. The van der Waals surface area contributed by atoms with Gasteiger partial charge in [0.2, 0.25) is 0 Å². The standard InChI is InChI=1S/C12H19NO/c1-9(2)13-11-7-12(3,4)6-5-10(11)8-14/h5-6,8-9,13H,7H2,1-4H3. The highest BCUT2D eigenvalue weighted by atomic mass is 16.1. The second-order valence-electron chi connectivity index (χ2n) is 4.85. The third-order valence-corrected chi connectivity index (χ3v) is 2.28. The lowest BCUT2D eigenvalue weighted by atomic mass is 9.82. The second kappa shape index (κ2) is 3.99. The van der Waals surface area contributed by atoms with Crippen LogP contribution in [0.3, 0.4) is 0 Å². The molecule has 1 aliphatic carbocycles. The van der Waals surface area contributed by atoms with Gasteiger partial charge in [0.25, 0.3) is 0 Å². The Balaban J connectivity index is 2.89. The number of allylic oxidation sites excluding steroid dienone is 4. The molecule has 0 amide bonds. The van der Waals surface area contributed by atoms with Gasteiger partial charge in [-0.25, -0.2) is 0 Å². The largest absolute Gasteiger partial charge is 0.386 e. The van der Waals surface area contributed by atoms with Crippen LogP contribution in [0.2, 0.25) is 0 Å². The molecule has 0 aromatic rings. The SMILES string of the molecule is CC(C)NC1=C(C=O)C=CC(C)(C)C1. The molecule has 1 N–H and O–H groups in total. The average molecular weight is 193 g/mol. The molecule has 1 rings (SSSR count). The molecule has 78 valence electrons. The molecule has 1 aliphatic rings. The molecule has 0 saturated carbocycles. The fourth-order valence-electron chi connectivity index (χ4n) is 1.63. The molecule has 0 aliphatic heterocycles. The molecule has 0 bridgehead atoms. The molecule has 0 spiro atoms. The van der Waals surface area contributed by atoms with Crippen molar-refractivity contribution in [2.75, 3.05) is 0 Å². The number of rotatable bonds is 3. The molecule has 0 heterocycles. The summed E-state index contributed by atoms with van der Waals surface area (Å²) < 4.78 is 0. The Morgan fingerprint density at radius 1 is 1.50 bits per heavy atom. The Kier molecular flexibility index (Phi) is 3.14. The molecular weight excluding hydrogens is 174 g/mol. The zero-order valence-corrected chi connectivity index (χ0v) is 9.42. The molecule has 0 radical (unpaired) electrons. The smallest absolute Gasteiger partial charge is 0.151 e. The lowest BCUT2D eigenvalue weighted by molar-refractivity contribution is -0.104. The minimum absolute atomic E-state index is 0.156. The van der Waals surface area contributed by atoms with Crippen molar-refractivity contribution in [3.05, 3.63) is 23.4 Å². The fourth-order valence-corrected chi connectivity index (χ4v) is 1.63. The second-order valence-corrected chi connectivity index (χ2v) is 4.85. The molecule has 0 aromatic heterocycles. The predicted octanol–water partition coefficient (Wildman–Crippen LogP) is 2.42. The summed E-state index contributed by atoms with van der Waals surface area (Å²) in [5.74, 6) is 0. The van der Waals surface area contributed by atoms with Crippen LogP contribution >= 0.6 is 0 Å². The first-order chi connectivity index (χ1) is 6.44. The summed E-state index contributed by atoms with van der Waals surface area (Å²) in [6, 6.07) is 0.377. The van der Waals surface area contributed by atoms with Gasteiger partial charge >= 0.3 is 0 Å². The van der Waals surface area contributed by atoms with Crippen molar-refractivity contribution in [1.82, 2.24) is 5.32 Å². The van der Waals surface area contributed by atoms with Gasteiger partial charge in [-0.05, 0) is 25.7 Å². The molecule has 0 aromatic carbocycles. The molecular formula is C12H19NO. The Morgan fingerprint density at radius 2 is 2.14 bits per heavy atom. The van der Waals surface area contributed by atoms with E-state index in [1.165, 1.54) is 0 Å². The third kappa shape index (κ3) is 2.72. The van der Waals surface area contributed by atoms with E-state index in [4.69, 9.17) is 0 Å². The summed E-state index contributed by atoms with van der Waals surface area (Å²) in [7, 11) is 0. The molecule has 0 saturated heterocycles. The van der Waals surface area contributed by atoms with E-state index < -0.39 is 0 Å². The maximum atomic E-state index is 10.8. The summed E-state index contributed by atoms with van der Waals surface area (Å²) in [6.07, 6.45) is 5.86. The van der Waals surface area contributed by atoms with Gasteiger partial charge in [0.15, 0.2) is 6.29 Å². The maximum Gasteiger partial charge on any atom is 0.151 e. The van der Waals surface area contributed by atoms with Crippen LogP contribution in [-0.2, 0) is 4.79 Å². The molecule has 0 fully saturated rings. The summed E-state index contributed by atoms with van der Waals surface area (Å²) >= 11 is 0. The average Bonchev–Trinajstić information content (AvgIpc) is 2.01. The van der Waals surface area contributed by atoms with Crippen LogP contribution in [0.1, 0.15) is 34.1 Å². The first-order valence-electron chi connectivity index (χ1n) is 5.09. The zero-order chi connectivity index (χ0) is 10.8. The number of hydrogen-bond donors (Lipinski definition) is 1. The molecule has 0 unspecified atom stereocenters. The predicted molar refractivity (Wildman–Crippen MR) is 58.9 cm³/mol. The van der Waals surface area contributed by atoms with Crippen LogP contribution in [0.25, 0.3) is 0 Å². The Labute approximate surface area is 86.1 Å². The highest BCUT2D eigenvalue weighted by molar-refractivity contribution is 5.79. The van der Waals surface area contributed by atoms with Crippen LogP contribution in [0, 0.1) is 5.41 Å². The zero-order valence-electron chi connectivity index (χ0n) is 9.42. The van der Waals surface area contributed by atoms with E-state index in [-0.39, 0.29) is 5.41 Å². The van der Waals surface area contributed by atoms with E-state index in [0.29, 0.717) is 6.04 Å². The number of carbonyl (C=O) groups excluding carboxylic acids is 1. The monoisotopic (exact) mass is 193 g/mol. The van der Waals surface area contributed by atoms with E-state index in [9.17, 15) is 4.79 Å². The van der Waals surface area contributed by atoms with Gasteiger partial charge in [-0.2, -0.15) is 0 Å². The summed E-state index contributed by atoms with van der Waals surface area (Å²) in [6.45, 7) is 8.52. The van der Waals surface area contributed by atoms with Crippen LogP contribution in [-0.4, -0.2) is 12.3 Å². The first kappa shape index (κ1) is 11.0. The summed E-state index contributed by atoms with van der Waals surface area (Å²) in [4.78, 5) is 10.8. The van der Waals surface area contributed by atoms with Gasteiger partial charge in [0.05, 0.1) is 0 Å². The highest BCUT2D eigenvalue weighted by Crippen LogP contribution is 2.31. The minimum Gasteiger partial charge on any atom is -0.386 e. The van der Waals surface area contributed by atoms with Gasteiger partial charge < -0.3 is 5.32 Å². The molecule has 2 nitrogen and oxygen atoms in total. The van der Waals surface area contributed by atoms with Crippen LogP contribution in [0.5, 0.6) is 0 Å². The fraction of sp³-hybridized carbons (Fsp3) is 0.583. The molecule has 14 heavy (non-hydrogen) atoms. The Morgan fingerprint density at radius 3 is 2.64 bits per heavy atom. The lowest BCUT2D eigenvalue weighted by Gasteiger charge is -2.28. The van der Waals surface area contributed by atoms with Crippen molar-refractivity contribution in [2.24, 2.45) is 5.41 Å². The van der Waals surface area contributed by atoms with Crippen molar-refractivity contribution in [2.45, 2.75) is 40.2 Å². The number of hydrogen-bond acceptors (Lipinski definition) is 2. The first-order valence-corrected chi connectivity index (χ1v) is 5.09. The van der Waals surface area contributed by atoms with E-state index >= 15 is 0 Å². The van der Waals surface area contributed by atoms with Crippen LogP contribution in [0.15, 0.2) is 23.4 Å². The summed E-state index contributed by atoms with van der Waals surface area (Å²) in [5, 5.41) is 3.34. The topological polar surface area (TPSA) is 29.1 Å². The lowest BCUT2D eigenvalue weighted by Crippen LogP contribution is -2.28. The number of nitrogens with one attached hydrogen (secondary N) is 1. The van der Waals surface area contributed by atoms with Crippen molar-refractivity contribution in [1.29, 1.82) is 0 Å². The van der Waals surface area contributed by atoms with Gasteiger partial charge in [0.1, 0.15) is 0 Å². The van der Waals surface area contributed by atoms with E-state index in [1.807, 2.05) is 6.08 Å². The van der Waals surface area contributed by atoms with Crippen LogP contribution in [0.4, 0.5) is 0 Å². The Bertz CT molecular complexity index is 285. The molecule has 2 heteroatoms. The normalized spacial score (nSPS) is 20.1. The Hall–Kier alpha value is -1.05. The van der Waals surface area contributed by atoms with Crippen molar-refractivity contribution >= 4 is 6.29 Å². The number of aldehydes is 1. The van der Waals surface area contributed by atoms with E-state index in [2.05, 4.69) is 39.1 Å². The van der Waals surface area contributed by atoms with Crippen molar-refractivity contribution in [3.8, 4) is 0 Å². The van der Waals surface area contributed by atoms with Gasteiger partial charge in [0, 0.05) is 17.3 Å². The quantitative estimate of drug-likeness (QED) is 0.697. The highest BCUT2D eigenvalue weighted by Gasteiger charge is 2.22. The minimum atomic E-state index is 0.156. The van der Waals surface area contributed by atoms with Crippen molar-refractivity contribution < 1.29 is 4.79 Å². The van der Waals surface area contributed by atoms with E-state index in [0.717, 1.165) is 24.0 Å². The van der Waals surface area contributed by atoms with E-state index in [1.54, 1.807) is 0 Å². The van der Waals surface area contributed by atoms with Gasteiger partial charge in [-0.3, -0.25) is 4.79 Å². The van der Waals surface area contributed by atoms with Crippen LogP contribution < -0.4 is 5.32 Å². The third-order valence-electron chi connectivity index (χ3n) is 2.28. The maximum absolute atomic E-state index is 10.8. The van der Waals surface area contributed by atoms with Gasteiger partial charge in [-0.1, -0.05) is 26.0 Å². The van der Waals surface area contributed by atoms with Gasteiger partial charge in [-0.15, -0.1) is 0 Å². The number of carbonyl (C=O) groups is 1. The van der Waals surface area contributed by atoms with Crippen molar-refractivity contribution in [3.63, 3.8) is 0 Å².